The fourth-order valence-corrected chi connectivity index (χ4v) is 5.66. The van der Waals surface area contributed by atoms with Crippen molar-refractivity contribution in [1.29, 1.82) is 0 Å². The van der Waals surface area contributed by atoms with Gasteiger partial charge in [-0.05, 0) is 12.8 Å². The van der Waals surface area contributed by atoms with Crippen LogP contribution in [0.15, 0.2) is 0 Å². The molecule has 35 heavy (non-hydrogen) atoms. The highest BCUT2D eigenvalue weighted by Gasteiger charge is 2.27. The molecule has 1 unspecified atom stereocenters. The van der Waals surface area contributed by atoms with Crippen LogP contribution >= 0.6 is 11.6 Å². The van der Waals surface area contributed by atoms with E-state index in [1.807, 2.05) is 0 Å². The quantitative estimate of drug-likeness (QED) is 0.181. The van der Waals surface area contributed by atoms with Crippen LogP contribution in [0.3, 0.4) is 0 Å². The van der Waals surface area contributed by atoms with Gasteiger partial charge >= 0.3 is 0 Å². The molecule has 0 saturated carbocycles. The molecule has 0 aromatic carbocycles. The number of rotatable bonds is 20. The summed E-state index contributed by atoms with van der Waals surface area (Å²) in [6.07, 6.45) is 25.6. The van der Waals surface area contributed by atoms with Crippen molar-refractivity contribution in [1.82, 2.24) is 19.8 Å². The van der Waals surface area contributed by atoms with Gasteiger partial charge in [-0.15, -0.1) is 10.2 Å². The lowest BCUT2D eigenvalue weighted by Crippen LogP contribution is -2.14. The van der Waals surface area contributed by atoms with E-state index in [9.17, 15) is 0 Å². The van der Waals surface area contributed by atoms with E-state index < -0.39 is 0 Å². The number of nitrogens with one attached hydrogen (secondary N) is 1. The van der Waals surface area contributed by atoms with Gasteiger partial charge in [-0.1, -0.05) is 155 Å². The molecule has 0 fully saturated rings. The molecule has 0 aliphatic rings. The molecule has 0 spiro atoms. The average Bonchev–Trinajstić information content (AvgIpc) is 3.38. The van der Waals surface area contributed by atoms with Crippen molar-refractivity contribution < 1.29 is 0 Å². The average molecular weight is 507 g/mol. The summed E-state index contributed by atoms with van der Waals surface area (Å²) in [5.74, 6) is 1.54. The van der Waals surface area contributed by atoms with Gasteiger partial charge in [0.25, 0.3) is 0 Å². The summed E-state index contributed by atoms with van der Waals surface area (Å²) >= 11 is 6.71. The standard InChI is InChI=1S/C30H55ClN4/c1-6-8-10-12-14-15-16-18-20-22-24-25(23-21-19-17-13-11-9-7-2)28-32-33-29-26(31)27(30(3,4)5)34-35(28)29/h25,34H,6-24H2,1-5H3. The van der Waals surface area contributed by atoms with Crippen LogP contribution in [0.1, 0.15) is 174 Å². The maximum Gasteiger partial charge on any atom is 0.196 e. The van der Waals surface area contributed by atoms with E-state index in [4.69, 9.17) is 11.6 Å². The second kappa shape index (κ2) is 16.7. The highest BCUT2D eigenvalue weighted by molar-refractivity contribution is 6.34. The zero-order valence-electron chi connectivity index (χ0n) is 23.7. The molecule has 0 aliphatic heterocycles. The molecule has 5 heteroatoms. The zero-order chi connectivity index (χ0) is 25.5. The van der Waals surface area contributed by atoms with Gasteiger partial charge in [0, 0.05) is 11.3 Å². The number of H-pyrrole nitrogens is 1. The van der Waals surface area contributed by atoms with Crippen LogP contribution < -0.4 is 0 Å². The summed E-state index contributed by atoms with van der Waals surface area (Å²) < 4.78 is 2.09. The minimum Gasteiger partial charge on any atom is -0.293 e. The first-order valence-corrected chi connectivity index (χ1v) is 15.4. The van der Waals surface area contributed by atoms with Gasteiger partial charge in [0.05, 0.1) is 5.69 Å². The molecule has 4 nitrogen and oxygen atoms in total. The Morgan fingerprint density at radius 1 is 0.686 bits per heavy atom. The van der Waals surface area contributed by atoms with E-state index in [0.29, 0.717) is 5.92 Å². The van der Waals surface area contributed by atoms with Crippen molar-refractivity contribution in [2.45, 2.75) is 168 Å². The molecular formula is C30H55ClN4. The van der Waals surface area contributed by atoms with Gasteiger partial charge in [0.2, 0.25) is 0 Å². The van der Waals surface area contributed by atoms with E-state index in [2.05, 4.69) is 54.4 Å². The number of fused-ring (bicyclic) bond motifs is 1. The Bertz CT molecular complexity index is 801. The lowest BCUT2D eigenvalue weighted by molar-refractivity contribution is 0.461. The van der Waals surface area contributed by atoms with Crippen molar-refractivity contribution in [3.05, 3.63) is 16.5 Å². The Kier molecular flexibility index (Phi) is 14.4. The highest BCUT2D eigenvalue weighted by atomic mass is 35.5. The summed E-state index contributed by atoms with van der Waals surface area (Å²) in [4.78, 5) is 0. The summed E-state index contributed by atoms with van der Waals surface area (Å²) in [5, 5.41) is 13.4. The van der Waals surface area contributed by atoms with Crippen molar-refractivity contribution in [2.24, 2.45) is 0 Å². The SMILES string of the molecule is CCCCCCCCCCCCC(CCCCCCCCC)c1nnc2c(Cl)c(C(C)(C)C)[nH]n12. The van der Waals surface area contributed by atoms with Crippen molar-refractivity contribution in [2.75, 3.05) is 0 Å². The van der Waals surface area contributed by atoms with Crippen LogP contribution in [0.4, 0.5) is 0 Å². The highest BCUT2D eigenvalue weighted by Crippen LogP contribution is 2.34. The summed E-state index contributed by atoms with van der Waals surface area (Å²) in [6, 6.07) is 0. The Morgan fingerprint density at radius 2 is 1.11 bits per heavy atom. The molecule has 202 valence electrons. The van der Waals surface area contributed by atoms with E-state index in [1.54, 1.807) is 0 Å². The Hall–Kier alpha value is -1.03. The van der Waals surface area contributed by atoms with Crippen molar-refractivity contribution >= 4 is 17.2 Å². The summed E-state index contributed by atoms with van der Waals surface area (Å²) in [5.41, 5.74) is 1.80. The summed E-state index contributed by atoms with van der Waals surface area (Å²) in [7, 11) is 0. The number of nitrogens with zero attached hydrogens (tertiary/aromatic N) is 3. The smallest absolute Gasteiger partial charge is 0.196 e. The molecule has 0 aliphatic carbocycles. The largest absolute Gasteiger partial charge is 0.293 e. The molecule has 0 bridgehead atoms. The van der Waals surface area contributed by atoms with Crippen LogP contribution in [0.25, 0.3) is 5.65 Å². The second-order valence-corrected chi connectivity index (χ2v) is 12.2. The fourth-order valence-electron chi connectivity index (χ4n) is 5.21. The molecule has 2 rings (SSSR count). The van der Waals surface area contributed by atoms with Gasteiger partial charge in [0.15, 0.2) is 11.5 Å². The Morgan fingerprint density at radius 3 is 1.54 bits per heavy atom. The number of halogens is 1. The molecule has 0 amide bonds. The fraction of sp³-hybridized carbons (Fsp3) is 0.867. The third-order valence-electron chi connectivity index (χ3n) is 7.50. The lowest BCUT2D eigenvalue weighted by atomic mass is 9.92. The third kappa shape index (κ3) is 10.5. The zero-order valence-corrected chi connectivity index (χ0v) is 24.5. The first kappa shape index (κ1) is 30.2. The number of hydrogen-bond donors (Lipinski definition) is 1. The van der Waals surface area contributed by atoms with Gasteiger partial charge in [-0.25, -0.2) is 4.52 Å². The molecule has 1 N–H and O–H groups in total. The van der Waals surface area contributed by atoms with Crippen LogP contribution in [0.5, 0.6) is 0 Å². The molecule has 0 saturated heterocycles. The van der Waals surface area contributed by atoms with E-state index in [-0.39, 0.29) is 5.41 Å². The van der Waals surface area contributed by atoms with Crippen molar-refractivity contribution in [3.8, 4) is 0 Å². The number of hydrogen-bond acceptors (Lipinski definition) is 2. The van der Waals surface area contributed by atoms with Gasteiger partial charge in [0.1, 0.15) is 5.02 Å². The van der Waals surface area contributed by atoms with Crippen LogP contribution in [0.2, 0.25) is 5.02 Å². The predicted octanol–water partition coefficient (Wildman–Crippen LogP) is 10.5. The maximum atomic E-state index is 6.71. The number of unbranched alkanes of at least 4 members (excludes halogenated alkanes) is 15. The number of aromatic nitrogens is 4. The minimum absolute atomic E-state index is 0.0421. The Balaban J connectivity index is 1.89. The van der Waals surface area contributed by atoms with E-state index >= 15 is 0 Å². The van der Waals surface area contributed by atoms with Crippen LogP contribution in [-0.4, -0.2) is 19.8 Å². The topological polar surface area (TPSA) is 46.0 Å². The molecule has 2 aromatic heterocycles. The van der Waals surface area contributed by atoms with E-state index in [1.165, 1.54) is 122 Å². The molecule has 2 aromatic rings. The molecule has 1 atom stereocenters. The van der Waals surface area contributed by atoms with Crippen molar-refractivity contribution in [3.63, 3.8) is 0 Å². The van der Waals surface area contributed by atoms with E-state index in [0.717, 1.165) is 22.2 Å². The van der Waals surface area contributed by atoms with Gasteiger partial charge in [-0.2, -0.15) is 0 Å². The monoisotopic (exact) mass is 506 g/mol. The molecule has 0 radical (unpaired) electrons. The molecule has 2 heterocycles. The molecular weight excluding hydrogens is 452 g/mol. The van der Waals surface area contributed by atoms with Gasteiger partial charge in [-0.3, -0.25) is 5.10 Å². The lowest BCUT2D eigenvalue weighted by Gasteiger charge is -2.17. The second-order valence-electron chi connectivity index (χ2n) is 11.8. The maximum absolute atomic E-state index is 6.71. The normalized spacial score (nSPS) is 13.2. The van der Waals surface area contributed by atoms with Crippen LogP contribution in [0, 0.1) is 0 Å². The van der Waals surface area contributed by atoms with Gasteiger partial charge < -0.3 is 0 Å². The number of aromatic amines is 1. The first-order chi connectivity index (χ1) is 16.9. The Labute approximate surface area is 221 Å². The minimum atomic E-state index is -0.0421. The first-order valence-electron chi connectivity index (χ1n) is 15.0. The third-order valence-corrected chi connectivity index (χ3v) is 7.86. The summed E-state index contributed by atoms with van der Waals surface area (Å²) in [6.45, 7) is 11.2. The predicted molar refractivity (Wildman–Crippen MR) is 153 cm³/mol. The van der Waals surface area contributed by atoms with Crippen LogP contribution in [-0.2, 0) is 5.41 Å².